The summed E-state index contributed by atoms with van der Waals surface area (Å²) in [5.74, 6) is -3.26. The van der Waals surface area contributed by atoms with Crippen LogP contribution in [-0.4, -0.2) is 34.5 Å². The molecule has 7 heteroatoms. The Morgan fingerprint density at radius 1 is 1.47 bits per heavy atom. The maximum Gasteiger partial charge on any atom is 0.458 e. The molecule has 1 aliphatic rings. The van der Waals surface area contributed by atoms with Crippen LogP contribution in [-0.2, 0) is 4.84 Å². The van der Waals surface area contributed by atoms with Crippen LogP contribution in [0.15, 0.2) is 5.16 Å². The van der Waals surface area contributed by atoms with E-state index in [1.807, 2.05) is 0 Å². The van der Waals surface area contributed by atoms with E-state index in [9.17, 15) is 13.2 Å². The molecule has 1 heterocycles. The Kier molecular flexibility index (Phi) is 2.73. The van der Waals surface area contributed by atoms with Crippen LogP contribution in [0.5, 0.6) is 0 Å². The van der Waals surface area contributed by atoms with Crippen LogP contribution < -0.4 is 0 Å². The standard InChI is InChI=1S/C8H12F3NO3/c1-6(2,4-13)5-3-7(14,15-12-5)8(9,10)11/h13-14H,3-4H2,1-2H3. The average molecular weight is 227 g/mol. The van der Waals surface area contributed by atoms with E-state index in [1.54, 1.807) is 0 Å². The van der Waals surface area contributed by atoms with E-state index in [1.165, 1.54) is 13.8 Å². The number of halogens is 3. The van der Waals surface area contributed by atoms with Gasteiger partial charge < -0.3 is 15.1 Å². The number of hydrogen-bond acceptors (Lipinski definition) is 4. The first-order chi connectivity index (χ1) is 6.62. The van der Waals surface area contributed by atoms with Gasteiger partial charge in [0.2, 0.25) is 0 Å². The van der Waals surface area contributed by atoms with Gasteiger partial charge in [0, 0.05) is 5.41 Å². The van der Waals surface area contributed by atoms with Crippen molar-refractivity contribution in [1.29, 1.82) is 0 Å². The minimum Gasteiger partial charge on any atom is -0.395 e. The summed E-state index contributed by atoms with van der Waals surface area (Å²) >= 11 is 0. The van der Waals surface area contributed by atoms with Crippen molar-refractivity contribution in [2.45, 2.75) is 32.2 Å². The number of aliphatic hydroxyl groups excluding tert-OH is 1. The first-order valence-corrected chi connectivity index (χ1v) is 4.28. The van der Waals surface area contributed by atoms with Crippen LogP contribution in [0, 0.1) is 5.41 Å². The molecule has 0 bridgehead atoms. The molecule has 0 aromatic carbocycles. The molecule has 1 atom stereocenters. The van der Waals surface area contributed by atoms with Gasteiger partial charge in [-0.3, -0.25) is 0 Å². The Bertz CT molecular complexity index is 287. The van der Waals surface area contributed by atoms with Gasteiger partial charge in [0.1, 0.15) is 0 Å². The van der Waals surface area contributed by atoms with Gasteiger partial charge >= 0.3 is 12.0 Å². The van der Waals surface area contributed by atoms with Crippen molar-refractivity contribution in [3.05, 3.63) is 0 Å². The summed E-state index contributed by atoms with van der Waals surface area (Å²) in [5, 5.41) is 21.2. The molecule has 1 rings (SSSR count). The van der Waals surface area contributed by atoms with Crippen molar-refractivity contribution >= 4 is 5.71 Å². The van der Waals surface area contributed by atoms with Gasteiger partial charge in [-0.05, 0) is 0 Å². The van der Waals surface area contributed by atoms with E-state index < -0.39 is 23.8 Å². The fourth-order valence-electron chi connectivity index (χ4n) is 1.03. The number of hydrogen-bond donors (Lipinski definition) is 2. The van der Waals surface area contributed by atoms with Crippen LogP contribution in [0.3, 0.4) is 0 Å². The normalized spacial score (nSPS) is 27.5. The summed E-state index contributed by atoms with van der Waals surface area (Å²) in [6.07, 6.45) is -5.67. The van der Waals surface area contributed by atoms with E-state index >= 15 is 0 Å². The second kappa shape index (κ2) is 3.34. The largest absolute Gasteiger partial charge is 0.458 e. The minimum absolute atomic E-state index is 0.00942. The highest BCUT2D eigenvalue weighted by Crippen LogP contribution is 2.40. The van der Waals surface area contributed by atoms with Crippen molar-refractivity contribution in [3.63, 3.8) is 0 Å². The number of aliphatic hydroxyl groups is 2. The molecule has 15 heavy (non-hydrogen) atoms. The molecular weight excluding hydrogens is 215 g/mol. The van der Waals surface area contributed by atoms with E-state index in [0.29, 0.717) is 0 Å². The van der Waals surface area contributed by atoms with Gasteiger partial charge in [-0.25, -0.2) is 0 Å². The highest BCUT2D eigenvalue weighted by molar-refractivity contribution is 5.91. The Balaban J connectivity index is 2.82. The highest BCUT2D eigenvalue weighted by Gasteiger charge is 2.61. The molecule has 1 aliphatic heterocycles. The summed E-state index contributed by atoms with van der Waals surface area (Å²) in [4.78, 5) is 4.01. The highest BCUT2D eigenvalue weighted by atomic mass is 19.4. The molecule has 0 saturated heterocycles. The third-order valence-corrected chi connectivity index (χ3v) is 2.33. The van der Waals surface area contributed by atoms with Crippen molar-refractivity contribution < 1.29 is 28.2 Å². The summed E-state index contributed by atoms with van der Waals surface area (Å²) in [5.41, 5.74) is -0.944. The predicted molar refractivity (Wildman–Crippen MR) is 45.0 cm³/mol. The zero-order valence-electron chi connectivity index (χ0n) is 8.30. The third-order valence-electron chi connectivity index (χ3n) is 2.33. The van der Waals surface area contributed by atoms with Crippen LogP contribution >= 0.6 is 0 Å². The number of oxime groups is 1. The Morgan fingerprint density at radius 3 is 2.33 bits per heavy atom. The zero-order valence-corrected chi connectivity index (χ0v) is 8.30. The van der Waals surface area contributed by atoms with Gasteiger partial charge in [-0.15, -0.1) is 0 Å². The van der Waals surface area contributed by atoms with E-state index in [0.717, 1.165) is 0 Å². The van der Waals surface area contributed by atoms with Gasteiger partial charge in [0.25, 0.3) is 0 Å². The number of alkyl halides is 3. The van der Waals surface area contributed by atoms with Crippen molar-refractivity contribution in [2.75, 3.05) is 6.61 Å². The number of nitrogens with zero attached hydrogens (tertiary/aromatic N) is 1. The maximum atomic E-state index is 12.3. The summed E-state index contributed by atoms with van der Waals surface area (Å²) in [6, 6.07) is 0. The van der Waals surface area contributed by atoms with E-state index in [2.05, 4.69) is 9.99 Å². The average Bonchev–Trinajstić information content (AvgIpc) is 2.49. The molecule has 0 amide bonds. The molecule has 2 N–H and O–H groups in total. The fourth-order valence-corrected chi connectivity index (χ4v) is 1.03. The van der Waals surface area contributed by atoms with Crippen molar-refractivity contribution in [1.82, 2.24) is 0 Å². The summed E-state index contributed by atoms with van der Waals surface area (Å²) in [7, 11) is 0. The Hall–Kier alpha value is -0.820. The quantitative estimate of drug-likeness (QED) is 0.740. The fraction of sp³-hybridized carbons (Fsp3) is 0.875. The van der Waals surface area contributed by atoms with E-state index in [-0.39, 0.29) is 12.3 Å². The lowest BCUT2D eigenvalue weighted by atomic mass is 9.85. The van der Waals surface area contributed by atoms with Crippen LogP contribution in [0.2, 0.25) is 0 Å². The zero-order chi connectivity index (χ0) is 11.9. The minimum atomic E-state index is -4.90. The van der Waals surface area contributed by atoms with Gasteiger partial charge in [-0.2, -0.15) is 13.2 Å². The second-order valence-electron chi connectivity index (χ2n) is 4.13. The van der Waals surface area contributed by atoms with Crippen molar-refractivity contribution in [2.24, 2.45) is 10.6 Å². The second-order valence-corrected chi connectivity index (χ2v) is 4.13. The smallest absolute Gasteiger partial charge is 0.395 e. The lowest BCUT2D eigenvalue weighted by Crippen LogP contribution is -2.46. The molecule has 88 valence electrons. The first-order valence-electron chi connectivity index (χ1n) is 4.28. The molecule has 0 saturated carbocycles. The van der Waals surface area contributed by atoms with Crippen LogP contribution in [0.1, 0.15) is 20.3 Å². The van der Waals surface area contributed by atoms with Gasteiger partial charge in [0.05, 0.1) is 18.7 Å². The Morgan fingerprint density at radius 2 is 2.00 bits per heavy atom. The third kappa shape index (κ3) is 2.07. The first kappa shape index (κ1) is 12.3. The Labute approximate surface area is 84.3 Å². The number of rotatable bonds is 2. The molecule has 0 fully saturated rings. The van der Waals surface area contributed by atoms with Gasteiger partial charge in [0.15, 0.2) is 0 Å². The van der Waals surface area contributed by atoms with Crippen LogP contribution in [0.25, 0.3) is 0 Å². The SMILES string of the molecule is CC(C)(CO)C1=NOC(O)(C(F)(F)F)C1. The molecule has 4 nitrogen and oxygen atoms in total. The lowest BCUT2D eigenvalue weighted by Gasteiger charge is -2.24. The van der Waals surface area contributed by atoms with E-state index in [4.69, 9.17) is 10.2 Å². The lowest BCUT2D eigenvalue weighted by molar-refractivity contribution is -0.355. The molecule has 0 radical (unpaired) electrons. The van der Waals surface area contributed by atoms with Gasteiger partial charge in [-0.1, -0.05) is 19.0 Å². The molecule has 0 spiro atoms. The maximum absolute atomic E-state index is 12.3. The predicted octanol–water partition coefficient (Wildman–Crippen LogP) is 1.03. The molecular formula is C8H12F3NO3. The molecule has 0 aromatic rings. The molecule has 1 unspecified atom stereocenters. The van der Waals surface area contributed by atoms with Crippen molar-refractivity contribution in [3.8, 4) is 0 Å². The monoisotopic (exact) mass is 227 g/mol. The summed E-state index contributed by atoms with van der Waals surface area (Å²) in [6.45, 7) is 2.65. The van der Waals surface area contributed by atoms with Crippen LogP contribution in [0.4, 0.5) is 13.2 Å². The molecule has 0 aromatic heterocycles. The topological polar surface area (TPSA) is 62.1 Å². The molecule has 0 aliphatic carbocycles. The summed E-state index contributed by atoms with van der Waals surface area (Å²) < 4.78 is 36.9.